The fraction of sp³-hybridized carbons (Fsp3) is 0.667. The predicted octanol–water partition coefficient (Wildman–Crippen LogP) is 2.95. The van der Waals surface area contributed by atoms with Crippen molar-refractivity contribution in [1.29, 1.82) is 0 Å². The lowest BCUT2D eigenvalue weighted by Crippen LogP contribution is -2.34. The third kappa shape index (κ3) is 5.10. The van der Waals surface area contributed by atoms with Crippen LogP contribution in [0.15, 0.2) is 24.3 Å². The molecule has 2 rings (SSSR count). The van der Waals surface area contributed by atoms with Gasteiger partial charge in [0.2, 0.25) is 0 Å². The molecule has 3 heteroatoms. The Labute approximate surface area is 129 Å². The van der Waals surface area contributed by atoms with Crippen molar-refractivity contribution in [3.05, 3.63) is 35.4 Å². The van der Waals surface area contributed by atoms with E-state index in [9.17, 15) is 5.11 Å². The molecule has 0 radical (unpaired) electrons. The third-order valence-corrected chi connectivity index (χ3v) is 4.79. The van der Waals surface area contributed by atoms with Crippen LogP contribution < -0.4 is 5.32 Å². The number of hydrogen-bond donors (Lipinski definition) is 2. The normalized spacial score (nSPS) is 18.8. The van der Waals surface area contributed by atoms with Crippen molar-refractivity contribution < 1.29 is 5.11 Å². The van der Waals surface area contributed by atoms with Crippen molar-refractivity contribution >= 4 is 0 Å². The Hall–Kier alpha value is -0.900. The van der Waals surface area contributed by atoms with Gasteiger partial charge in [0.25, 0.3) is 0 Å². The first-order chi connectivity index (χ1) is 10.2. The summed E-state index contributed by atoms with van der Waals surface area (Å²) in [6.45, 7) is 9.41. The van der Waals surface area contributed by atoms with E-state index < -0.39 is 0 Å². The summed E-state index contributed by atoms with van der Waals surface area (Å²) >= 11 is 0. The number of aliphatic hydroxyl groups is 1. The minimum Gasteiger partial charge on any atom is -0.392 e. The van der Waals surface area contributed by atoms with Gasteiger partial charge in [-0.25, -0.2) is 0 Å². The molecule has 0 aliphatic carbocycles. The Balaban J connectivity index is 1.70. The van der Waals surface area contributed by atoms with E-state index >= 15 is 0 Å². The number of benzene rings is 1. The van der Waals surface area contributed by atoms with Crippen LogP contribution in [0.2, 0.25) is 0 Å². The SMILES string of the molecule is CCN1CCC(CCNC(C)c2cccc(CO)c2)CC1. The van der Waals surface area contributed by atoms with Crippen LogP contribution in [-0.2, 0) is 6.61 Å². The largest absolute Gasteiger partial charge is 0.392 e. The van der Waals surface area contributed by atoms with Crippen LogP contribution in [0, 0.1) is 5.92 Å². The molecule has 0 spiro atoms. The molecular weight excluding hydrogens is 260 g/mol. The van der Waals surface area contributed by atoms with E-state index in [1.807, 2.05) is 12.1 Å². The van der Waals surface area contributed by atoms with Gasteiger partial charge in [0, 0.05) is 6.04 Å². The number of likely N-dealkylation sites (tertiary alicyclic amines) is 1. The minimum absolute atomic E-state index is 0.122. The Kier molecular flexibility index (Phi) is 6.68. The van der Waals surface area contributed by atoms with E-state index in [0.717, 1.165) is 18.0 Å². The average Bonchev–Trinajstić information content (AvgIpc) is 2.55. The number of nitrogens with zero attached hydrogens (tertiary/aromatic N) is 1. The highest BCUT2D eigenvalue weighted by atomic mass is 16.3. The first-order valence-corrected chi connectivity index (χ1v) is 8.38. The summed E-state index contributed by atoms with van der Waals surface area (Å²) in [5.74, 6) is 0.885. The van der Waals surface area contributed by atoms with E-state index in [1.165, 1.54) is 44.5 Å². The van der Waals surface area contributed by atoms with Gasteiger partial charge < -0.3 is 15.3 Å². The molecule has 3 nitrogen and oxygen atoms in total. The zero-order valence-corrected chi connectivity index (χ0v) is 13.5. The fourth-order valence-corrected chi connectivity index (χ4v) is 3.17. The summed E-state index contributed by atoms with van der Waals surface area (Å²) in [4.78, 5) is 2.55. The number of piperidine rings is 1. The summed E-state index contributed by atoms with van der Waals surface area (Å²) in [6.07, 6.45) is 3.98. The Morgan fingerprint density at radius 2 is 2.10 bits per heavy atom. The smallest absolute Gasteiger partial charge is 0.0681 e. The molecule has 1 atom stereocenters. The lowest BCUT2D eigenvalue weighted by atomic mass is 9.93. The van der Waals surface area contributed by atoms with Crippen molar-refractivity contribution in [2.75, 3.05) is 26.2 Å². The Bertz CT molecular complexity index is 413. The van der Waals surface area contributed by atoms with Crippen LogP contribution in [0.3, 0.4) is 0 Å². The lowest BCUT2D eigenvalue weighted by molar-refractivity contribution is 0.186. The summed E-state index contributed by atoms with van der Waals surface area (Å²) < 4.78 is 0. The maximum Gasteiger partial charge on any atom is 0.0681 e. The zero-order chi connectivity index (χ0) is 15.1. The number of rotatable bonds is 7. The van der Waals surface area contributed by atoms with E-state index in [1.54, 1.807) is 0 Å². The Morgan fingerprint density at radius 3 is 2.76 bits per heavy atom. The van der Waals surface area contributed by atoms with E-state index in [2.05, 4.69) is 36.2 Å². The molecule has 21 heavy (non-hydrogen) atoms. The maximum atomic E-state index is 9.21. The quantitative estimate of drug-likeness (QED) is 0.810. The van der Waals surface area contributed by atoms with Gasteiger partial charge in [0.15, 0.2) is 0 Å². The van der Waals surface area contributed by atoms with Gasteiger partial charge in [-0.3, -0.25) is 0 Å². The topological polar surface area (TPSA) is 35.5 Å². The Morgan fingerprint density at radius 1 is 1.33 bits per heavy atom. The monoisotopic (exact) mass is 290 g/mol. The van der Waals surface area contributed by atoms with Gasteiger partial charge in [-0.1, -0.05) is 31.2 Å². The zero-order valence-electron chi connectivity index (χ0n) is 13.5. The molecule has 1 fully saturated rings. The van der Waals surface area contributed by atoms with Gasteiger partial charge in [0.1, 0.15) is 0 Å². The molecule has 1 aromatic carbocycles. The molecule has 1 heterocycles. The maximum absolute atomic E-state index is 9.21. The van der Waals surface area contributed by atoms with E-state index in [4.69, 9.17) is 0 Å². The second-order valence-electron chi connectivity index (χ2n) is 6.25. The fourth-order valence-electron chi connectivity index (χ4n) is 3.17. The van der Waals surface area contributed by atoms with Gasteiger partial charge in [-0.05, 0) is 69.4 Å². The van der Waals surface area contributed by atoms with Crippen molar-refractivity contribution in [3.63, 3.8) is 0 Å². The molecule has 1 aliphatic rings. The van der Waals surface area contributed by atoms with Crippen molar-refractivity contribution in [2.45, 2.75) is 45.8 Å². The highest BCUT2D eigenvalue weighted by Gasteiger charge is 2.17. The third-order valence-electron chi connectivity index (χ3n) is 4.79. The predicted molar refractivity (Wildman–Crippen MR) is 88.2 cm³/mol. The van der Waals surface area contributed by atoms with Gasteiger partial charge in [0.05, 0.1) is 6.61 Å². The van der Waals surface area contributed by atoms with Crippen LogP contribution in [0.25, 0.3) is 0 Å². The summed E-state index contributed by atoms with van der Waals surface area (Å²) in [5.41, 5.74) is 2.26. The molecule has 1 saturated heterocycles. The lowest BCUT2D eigenvalue weighted by Gasteiger charge is -2.31. The second-order valence-corrected chi connectivity index (χ2v) is 6.25. The van der Waals surface area contributed by atoms with Crippen LogP contribution in [0.1, 0.15) is 50.3 Å². The van der Waals surface area contributed by atoms with Gasteiger partial charge in [-0.15, -0.1) is 0 Å². The number of aliphatic hydroxyl groups excluding tert-OH is 1. The summed E-state index contributed by atoms with van der Waals surface area (Å²) in [5, 5.41) is 12.8. The highest BCUT2D eigenvalue weighted by Crippen LogP contribution is 2.20. The second kappa shape index (κ2) is 8.52. The van der Waals surface area contributed by atoms with Crippen LogP contribution in [0.4, 0.5) is 0 Å². The van der Waals surface area contributed by atoms with E-state index in [-0.39, 0.29) is 6.61 Å². The standard InChI is InChI=1S/C18H30N2O/c1-3-20-11-8-16(9-12-20)7-10-19-15(2)18-6-4-5-17(13-18)14-21/h4-6,13,15-16,19,21H,3,7-12,14H2,1-2H3. The molecule has 0 saturated carbocycles. The van der Waals surface area contributed by atoms with Crippen molar-refractivity contribution in [3.8, 4) is 0 Å². The molecule has 1 aliphatic heterocycles. The molecular formula is C18H30N2O. The molecule has 1 aromatic rings. The van der Waals surface area contributed by atoms with Gasteiger partial charge in [-0.2, -0.15) is 0 Å². The first kappa shape index (κ1) is 16.5. The molecule has 118 valence electrons. The number of nitrogens with one attached hydrogen (secondary N) is 1. The molecule has 0 aromatic heterocycles. The van der Waals surface area contributed by atoms with Crippen LogP contribution in [0.5, 0.6) is 0 Å². The summed E-state index contributed by atoms with van der Waals surface area (Å²) in [6, 6.07) is 8.58. The van der Waals surface area contributed by atoms with Crippen LogP contribution in [-0.4, -0.2) is 36.2 Å². The molecule has 0 bridgehead atoms. The van der Waals surface area contributed by atoms with E-state index in [0.29, 0.717) is 6.04 Å². The van der Waals surface area contributed by atoms with Gasteiger partial charge >= 0.3 is 0 Å². The minimum atomic E-state index is 0.122. The molecule has 1 unspecified atom stereocenters. The molecule has 0 amide bonds. The first-order valence-electron chi connectivity index (χ1n) is 8.38. The number of hydrogen-bond acceptors (Lipinski definition) is 3. The summed E-state index contributed by atoms with van der Waals surface area (Å²) in [7, 11) is 0. The van der Waals surface area contributed by atoms with Crippen molar-refractivity contribution in [2.24, 2.45) is 5.92 Å². The highest BCUT2D eigenvalue weighted by molar-refractivity contribution is 5.25. The van der Waals surface area contributed by atoms with Crippen molar-refractivity contribution in [1.82, 2.24) is 10.2 Å². The average molecular weight is 290 g/mol. The molecule has 2 N–H and O–H groups in total. The van der Waals surface area contributed by atoms with Crippen LogP contribution >= 0.6 is 0 Å².